The van der Waals surface area contributed by atoms with Crippen LogP contribution in [0.15, 0.2) is 24.3 Å². The summed E-state index contributed by atoms with van der Waals surface area (Å²) >= 11 is 3.94. The molecule has 14 heteroatoms. The molecule has 2 rings (SSSR count). The summed E-state index contributed by atoms with van der Waals surface area (Å²) in [6.07, 6.45) is 1.14. The molecule has 0 unspecified atom stereocenters. The molecular weight excluding hydrogens is 542 g/mol. The number of carbonyl (C=O) groups excluding carboxylic acids is 4. The summed E-state index contributed by atoms with van der Waals surface area (Å²) in [5, 5.41) is 35.9. The molecule has 13 nitrogen and oxygen atoms in total. The van der Waals surface area contributed by atoms with E-state index in [9.17, 15) is 39.3 Å². The number of nitrogens with one attached hydrogen (secondary N) is 3. The third-order valence-corrected chi connectivity index (χ3v) is 6.87. The Morgan fingerprint density at radius 3 is 2.20 bits per heavy atom. The zero-order valence-corrected chi connectivity index (χ0v) is 23.5. The van der Waals surface area contributed by atoms with Crippen molar-refractivity contribution in [2.45, 2.75) is 69.7 Å². The van der Waals surface area contributed by atoms with Gasteiger partial charge in [0.15, 0.2) is 0 Å². The summed E-state index contributed by atoms with van der Waals surface area (Å²) in [4.78, 5) is 64.5. The van der Waals surface area contributed by atoms with Gasteiger partial charge in [0.25, 0.3) is 0 Å². The zero-order valence-electron chi connectivity index (χ0n) is 22.6. The van der Waals surface area contributed by atoms with Crippen molar-refractivity contribution in [1.29, 1.82) is 0 Å². The Hall–Kier alpha value is -3.36. The number of aliphatic hydroxyl groups is 1. The molecule has 0 aromatic heterocycles. The Bertz CT molecular complexity index is 1050. The average Bonchev–Trinajstić information content (AvgIpc) is 3.40. The lowest BCUT2D eigenvalue weighted by Crippen LogP contribution is -2.59. The number of rotatable bonds is 14. The van der Waals surface area contributed by atoms with Crippen LogP contribution in [-0.4, -0.2) is 98.9 Å². The number of phenolic OH excluding ortho intramolecular Hbond substituents is 1. The van der Waals surface area contributed by atoms with Crippen LogP contribution in [-0.2, 0) is 30.4 Å². The van der Waals surface area contributed by atoms with Crippen molar-refractivity contribution in [2.75, 3.05) is 18.9 Å². The van der Waals surface area contributed by atoms with Gasteiger partial charge in [-0.2, -0.15) is 12.6 Å². The maximum absolute atomic E-state index is 13.3. The van der Waals surface area contributed by atoms with Gasteiger partial charge in [0.1, 0.15) is 29.9 Å². The number of nitrogens with zero attached hydrogens (tertiary/aromatic N) is 1. The van der Waals surface area contributed by atoms with Gasteiger partial charge in [-0.05, 0) is 49.3 Å². The minimum Gasteiger partial charge on any atom is -0.508 e. The first-order chi connectivity index (χ1) is 18.9. The highest BCUT2D eigenvalue weighted by Gasteiger charge is 2.39. The Balaban J connectivity index is 2.07. The molecule has 1 aliphatic heterocycles. The standard InChI is InChI=1S/C26H39N5O8S/c1-14(2)10-18(23(35)30-20(13-40)26(38)39)28-24(36)21-4-3-9-31(21)25(37)19(12-32)29-22(34)17(27)11-15-5-7-16(33)8-6-15/h5-8,14,17-21,32-33,40H,3-4,9-13,27H2,1-2H3,(H,28,36)(H,29,34)(H,30,35)(H,38,39)/t17-,18-,19-,20-,21-/m0/s1. The SMILES string of the molecule is CC(C)C[C@H](NC(=O)[C@@H]1CCCN1C(=O)[C@H](CO)NC(=O)[C@@H](N)Cc1ccc(O)cc1)C(=O)N[C@@H](CS)C(=O)O. The van der Waals surface area contributed by atoms with Gasteiger partial charge in [-0.15, -0.1) is 0 Å². The molecule has 5 atom stereocenters. The van der Waals surface area contributed by atoms with Crippen LogP contribution in [0.3, 0.4) is 0 Å². The Kier molecular flexibility index (Phi) is 12.7. The Morgan fingerprint density at radius 1 is 1.02 bits per heavy atom. The second-order valence-electron chi connectivity index (χ2n) is 10.2. The van der Waals surface area contributed by atoms with E-state index in [2.05, 4.69) is 28.6 Å². The number of aliphatic hydroxyl groups excluding tert-OH is 1. The van der Waals surface area contributed by atoms with Crippen LogP contribution in [0.1, 0.15) is 38.7 Å². The monoisotopic (exact) mass is 581 g/mol. The molecular formula is C26H39N5O8S. The normalized spacial score (nSPS) is 17.9. The van der Waals surface area contributed by atoms with E-state index in [4.69, 9.17) is 5.73 Å². The number of likely N-dealkylation sites (tertiary alicyclic amines) is 1. The molecule has 1 fully saturated rings. The van der Waals surface area contributed by atoms with E-state index in [0.717, 1.165) is 0 Å². The van der Waals surface area contributed by atoms with Gasteiger partial charge in [0, 0.05) is 12.3 Å². The molecule has 1 aromatic carbocycles. The molecule has 1 heterocycles. The number of nitrogens with two attached hydrogens (primary N) is 1. The second-order valence-corrected chi connectivity index (χ2v) is 10.5. The van der Waals surface area contributed by atoms with E-state index in [1.165, 1.54) is 17.0 Å². The summed E-state index contributed by atoms with van der Waals surface area (Å²) in [5.41, 5.74) is 6.67. The number of amides is 4. The molecule has 0 spiro atoms. The van der Waals surface area contributed by atoms with Gasteiger partial charge in [-0.1, -0.05) is 26.0 Å². The van der Waals surface area contributed by atoms with E-state index < -0.39 is 66.4 Å². The minimum absolute atomic E-state index is 0.0172. The van der Waals surface area contributed by atoms with E-state index in [1.807, 2.05) is 13.8 Å². The number of carboxylic acids is 1. The van der Waals surface area contributed by atoms with Crippen LogP contribution >= 0.6 is 12.6 Å². The van der Waals surface area contributed by atoms with E-state index in [0.29, 0.717) is 18.4 Å². The number of benzene rings is 1. The minimum atomic E-state index is -1.34. The third kappa shape index (κ3) is 9.38. The highest BCUT2D eigenvalue weighted by molar-refractivity contribution is 7.80. The molecule has 0 bridgehead atoms. The fraction of sp³-hybridized carbons (Fsp3) is 0.577. The van der Waals surface area contributed by atoms with Crippen LogP contribution in [0.2, 0.25) is 0 Å². The average molecular weight is 582 g/mol. The lowest BCUT2D eigenvalue weighted by molar-refractivity contribution is -0.143. The van der Waals surface area contributed by atoms with Gasteiger partial charge < -0.3 is 41.9 Å². The van der Waals surface area contributed by atoms with Gasteiger partial charge in [0.2, 0.25) is 23.6 Å². The van der Waals surface area contributed by atoms with Crippen LogP contribution in [0.4, 0.5) is 0 Å². The van der Waals surface area contributed by atoms with Crippen LogP contribution in [0.25, 0.3) is 0 Å². The summed E-state index contributed by atoms with van der Waals surface area (Å²) in [6.45, 7) is 3.16. The second kappa shape index (κ2) is 15.4. The van der Waals surface area contributed by atoms with Crippen LogP contribution in [0, 0.1) is 5.92 Å². The first-order valence-electron chi connectivity index (χ1n) is 13.1. The number of carbonyl (C=O) groups is 5. The number of carboxylic acid groups (broad SMARTS) is 1. The number of thiol groups is 1. The summed E-state index contributed by atoms with van der Waals surface area (Å²) in [7, 11) is 0. The number of hydrogen-bond donors (Lipinski definition) is 8. The number of phenols is 1. The Morgan fingerprint density at radius 2 is 1.65 bits per heavy atom. The largest absolute Gasteiger partial charge is 0.508 e. The molecule has 0 radical (unpaired) electrons. The molecule has 1 saturated heterocycles. The van der Waals surface area contributed by atoms with Crippen molar-refractivity contribution >= 4 is 42.2 Å². The smallest absolute Gasteiger partial charge is 0.327 e. The highest BCUT2D eigenvalue weighted by atomic mass is 32.1. The van der Waals surface area contributed by atoms with E-state index in [-0.39, 0.29) is 36.8 Å². The Labute approximate surface area is 238 Å². The van der Waals surface area contributed by atoms with Gasteiger partial charge in [-0.3, -0.25) is 19.2 Å². The molecule has 222 valence electrons. The summed E-state index contributed by atoms with van der Waals surface area (Å²) in [6, 6.07) is 0.526. The van der Waals surface area contributed by atoms with Crippen LogP contribution in [0.5, 0.6) is 5.75 Å². The maximum Gasteiger partial charge on any atom is 0.327 e. The van der Waals surface area contributed by atoms with Crippen molar-refractivity contribution in [3.05, 3.63) is 29.8 Å². The van der Waals surface area contributed by atoms with Gasteiger partial charge in [-0.25, -0.2) is 4.79 Å². The van der Waals surface area contributed by atoms with Crippen molar-refractivity contribution in [3.63, 3.8) is 0 Å². The number of aromatic hydroxyl groups is 1. The maximum atomic E-state index is 13.3. The van der Waals surface area contributed by atoms with Gasteiger partial charge >= 0.3 is 5.97 Å². The topological polar surface area (TPSA) is 211 Å². The van der Waals surface area contributed by atoms with Crippen molar-refractivity contribution in [3.8, 4) is 5.75 Å². The first kappa shape index (κ1) is 32.8. The molecule has 40 heavy (non-hydrogen) atoms. The van der Waals surface area contributed by atoms with Crippen molar-refractivity contribution in [1.82, 2.24) is 20.9 Å². The molecule has 8 N–H and O–H groups in total. The van der Waals surface area contributed by atoms with Crippen molar-refractivity contribution < 1.29 is 39.3 Å². The van der Waals surface area contributed by atoms with Gasteiger partial charge in [0.05, 0.1) is 12.6 Å². The zero-order chi connectivity index (χ0) is 30.0. The lowest BCUT2D eigenvalue weighted by atomic mass is 10.0. The molecule has 0 aliphatic carbocycles. The summed E-state index contributed by atoms with van der Waals surface area (Å²) < 4.78 is 0. The molecule has 0 saturated carbocycles. The molecule has 4 amide bonds. The summed E-state index contributed by atoms with van der Waals surface area (Å²) in [5.74, 6) is -3.97. The third-order valence-electron chi connectivity index (χ3n) is 6.50. The lowest BCUT2D eigenvalue weighted by Gasteiger charge is -2.30. The quantitative estimate of drug-likeness (QED) is 0.123. The first-order valence-corrected chi connectivity index (χ1v) is 13.7. The predicted molar refractivity (Wildman–Crippen MR) is 148 cm³/mol. The van der Waals surface area contributed by atoms with E-state index in [1.54, 1.807) is 12.1 Å². The van der Waals surface area contributed by atoms with E-state index >= 15 is 0 Å². The molecule has 1 aliphatic rings. The fourth-order valence-corrected chi connectivity index (χ4v) is 4.62. The van der Waals surface area contributed by atoms with Crippen molar-refractivity contribution in [2.24, 2.45) is 11.7 Å². The predicted octanol–water partition coefficient (Wildman–Crippen LogP) is -1.24. The fourth-order valence-electron chi connectivity index (χ4n) is 4.37. The highest BCUT2D eigenvalue weighted by Crippen LogP contribution is 2.20. The molecule has 1 aromatic rings. The number of aliphatic carboxylic acids is 1. The van der Waals surface area contributed by atoms with Crippen LogP contribution < -0.4 is 21.7 Å². The number of hydrogen-bond acceptors (Lipinski definition) is 9.